The van der Waals surface area contributed by atoms with Crippen LogP contribution in [0.4, 0.5) is 0 Å². The van der Waals surface area contributed by atoms with E-state index in [1.807, 2.05) is 26.1 Å². The van der Waals surface area contributed by atoms with Crippen molar-refractivity contribution in [3.05, 3.63) is 46.2 Å². The summed E-state index contributed by atoms with van der Waals surface area (Å²) < 4.78 is 1.78. The Labute approximate surface area is 118 Å². The van der Waals surface area contributed by atoms with E-state index in [1.54, 1.807) is 10.9 Å². The van der Waals surface area contributed by atoms with Crippen molar-refractivity contribution in [2.75, 3.05) is 6.54 Å². The molecule has 1 N–H and O–H groups in total. The number of aryl methyl sites for hydroxylation is 2. The normalized spacial score (nSPS) is 12.6. The lowest BCUT2D eigenvalue weighted by Gasteiger charge is -2.20. The maximum absolute atomic E-state index is 6.45. The van der Waals surface area contributed by atoms with Gasteiger partial charge in [0.25, 0.3) is 0 Å². The van der Waals surface area contributed by atoms with E-state index in [0.717, 1.165) is 34.8 Å². The average molecular weight is 279 g/mol. The first kappa shape index (κ1) is 14.0. The summed E-state index contributed by atoms with van der Waals surface area (Å²) in [5, 5.41) is 12.3. The fraction of sp³-hybridized carbons (Fsp3) is 0.429. The van der Waals surface area contributed by atoms with Crippen LogP contribution in [0.15, 0.2) is 24.4 Å². The Balaban J connectivity index is 2.43. The van der Waals surface area contributed by atoms with E-state index < -0.39 is 0 Å². The van der Waals surface area contributed by atoms with Crippen molar-refractivity contribution in [2.45, 2.75) is 26.3 Å². The molecule has 0 aliphatic carbocycles. The van der Waals surface area contributed by atoms with Crippen LogP contribution in [0.1, 0.15) is 36.2 Å². The molecule has 0 fully saturated rings. The van der Waals surface area contributed by atoms with Gasteiger partial charge >= 0.3 is 0 Å². The third-order valence-electron chi connectivity index (χ3n) is 3.18. The van der Waals surface area contributed by atoms with E-state index in [-0.39, 0.29) is 6.04 Å². The van der Waals surface area contributed by atoms with Gasteiger partial charge in [0.1, 0.15) is 0 Å². The highest BCUT2D eigenvalue weighted by Crippen LogP contribution is 2.29. The Morgan fingerprint density at radius 1 is 1.42 bits per heavy atom. The first-order valence-corrected chi connectivity index (χ1v) is 6.86. The minimum absolute atomic E-state index is 0.0207. The number of aromatic nitrogens is 3. The molecule has 0 spiro atoms. The van der Waals surface area contributed by atoms with Gasteiger partial charge in [-0.1, -0.05) is 41.9 Å². The summed E-state index contributed by atoms with van der Waals surface area (Å²) >= 11 is 6.45. The summed E-state index contributed by atoms with van der Waals surface area (Å²) in [4.78, 5) is 0. The first-order chi connectivity index (χ1) is 9.15. The van der Waals surface area contributed by atoms with Crippen LogP contribution in [-0.4, -0.2) is 21.5 Å². The Morgan fingerprint density at radius 2 is 2.21 bits per heavy atom. The van der Waals surface area contributed by atoms with Gasteiger partial charge in [-0.3, -0.25) is 4.68 Å². The Hall–Kier alpha value is -1.39. The number of hydrogen-bond acceptors (Lipinski definition) is 3. The van der Waals surface area contributed by atoms with E-state index in [2.05, 4.69) is 28.6 Å². The maximum atomic E-state index is 6.45. The Kier molecular flexibility index (Phi) is 4.56. The molecule has 0 saturated carbocycles. The molecule has 0 saturated heterocycles. The fourth-order valence-corrected chi connectivity index (χ4v) is 2.35. The predicted octanol–water partition coefficient (Wildman–Crippen LogP) is 2.87. The van der Waals surface area contributed by atoms with Crippen LogP contribution in [-0.2, 0) is 7.05 Å². The van der Waals surface area contributed by atoms with Gasteiger partial charge in [0, 0.05) is 12.1 Å². The third kappa shape index (κ3) is 2.96. The van der Waals surface area contributed by atoms with Crippen molar-refractivity contribution in [3.8, 4) is 0 Å². The topological polar surface area (TPSA) is 42.7 Å². The molecule has 0 radical (unpaired) electrons. The van der Waals surface area contributed by atoms with Crippen LogP contribution in [0.25, 0.3) is 0 Å². The molecule has 1 unspecified atom stereocenters. The van der Waals surface area contributed by atoms with Crippen LogP contribution in [0.2, 0.25) is 5.02 Å². The minimum atomic E-state index is 0.0207. The lowest BCUT2D eigenvalue weighted by atomic mass is 10.0. The van der Waals surface area contributed by atoms with Crippen LogP contribution in [0.3, 0.4) is 0 Å². The minimum Gasteiger partial charge on any atom is -0.305 e. The molecular weight excluding hydrogens is 260 g/mol. The van der Waals surface area contributed by atoms with Gasteiger partial charge in [-0.2, -0.15) is 0 Å². The molecule has 1 aromatic carbocycles. The van der Waals surface area contributed by atoms with Crippen molar-refractivity contribution < 1.29 is 0 Å². The molecular formula is C14H19ClN4. The van der Waals surface area contributed by atoms with Gasteiger partial charge < -0.3 is 5.32 Å². The molecule has 1 aromatic heterocycles. The van der Waals surface area contributed by atoms with Crippen LogP contribution < -0.4 is 5.32 Å². The van der Waals surface area contributed by atoms with Crippen molar-refractivity contribution in [2.24, 2.45) is 7.05 Å². The van der Waals surface area contributed by atoms with E-state index >= 15 is 0 Å². The molecule has 19 heavy (non-hydrogen) atoms. The van der Waals surface area contributed by atoms with Crippen molar-refractivity contribution in [1.29, 1.82) is 0 Å². The zero-order valence-corrected chi connectivity index (χ0v) is 12.3. The predicted molar refractivity (Wildman–Crippen MR) is 77.3 cm³/mol. The summed E-state index contributed by atoms with van der Waals surface area (Å²) in [5.41, 5.74) is 3.17. The number of benzene rings is 1. The van der Waals surface area contributed by atoms with Gasteiger partial charge in [-0.25, -0.2) is 0 Å². The van der Waals surface area contributed by atoms with Crippen molar-refractivity contribution in [1.82, 2.24) is 20.3 Å². The largest absolute Gasteiger partial charge is 0.305 e. The van der Waals surface area contributed by atoms with Gasteiger partial charge in [0.2, 0.25) is 0 Å². The summed E-state index contributed by atoms with van der Waals surface area (Å²) in [5.74, 6) is 0. The monoisotopic (exact) mass is 278 g/mol. The molecule has 0 bridgehead atoms. The Morgan fingerprint density at radius 3 is 2.84 bits per heavy atom. The molecule has 0 aliphatic rings. The highest BCUT2D eigenvalue weighted by atomic mass is 35.5. The average Bonchev–Trinajstić information content (AvgIpc) is 2.81. The molecule has 1 atom stereocenters. The summed E-state index contributed by atoms with van der Waals surface area (Å²) in [6.45, 7) is 5.08. The molecule has 0 aliphatic heterocycles. The molecule has 1 heterocycles. The molecule has 5 heteroatoms. The fourth-order valence-electron chi connectivity index (χ4n) is 2.11. The third-order valence-corrected chi connectivity index (χ3v) is 3.69. The molecule has 102 valence electrons. The molecule has 4 nitrogen and oxygen atoms in total. The van der Waals surface area contributed by atoms with Crippen LogP contribution in [0, 0.1) is 6.92 Å². The number of nitrogens with one attached hydrogen (secondary N) is 1. The molecule has 0 amide bonds. The highest BCUT2D eigenvalue weighted by Gasteiger charge is 2.20. The number of hydrogen-bond donors (Lipinski definition) is 1. The summed E-state index contributed by atoms with van der Waals surface area (Å²) in [6, 6.07) is 6.12. The van der Waals surface area contributed by atoms with E-state index in [0.29, 0.717) is 0 Å². The molecule has 2 aromatic rings. The maximum Gasteiger partial charge on any atom is 0.0799 e. The SMILES string of the molecule is CCCNC(c1cccc(C)c1Cl)c1cnnn1C. The first-order valence-electron chi connectivity index (χ1n) is 6.48. The standard InChI is InChI=1S/C14H19ClN4/c1-4-8-16-14(12-9-17-18-19(12)3)11-7-5-6-10(2)13(11)15/h5-7,9,14,16H,4,8H2,1-3H3. The van der Waals surface area contributed by atoms with E-state index in [9.17, 15) is 0 Å². The van der Waals surface area contributed by atoms with Gasteiger partial charge in [0.05, 0.1) is 17.9 Å². The van der Waals surface area contributed by atoms with E-state index in [4.69, 9.17) is 11.6 Å². The smallest absolute Gasteiger partial charge is 0.0799 e. The van der Waals surface area contributed by atoms with Gasteiger partial charge in [0.15, 0.2) is 0 Å². The summed E-state index contributed by atoms with van der Waals surface area (Å²) in [7, 11) is 1.90. The van der Waals surface area contributed by atoms with Crippen molar-refractivity contribution >= 4 is 11.6 Å². The second-order valence-corrected chi connectivity index (χ2v) is 5.03. The highest BCUT2D eigenvalue weighted by molar-refractivity contribution is 6.32. The van der Waals surface area contributed by atoms with Crippen LogP contribution >= 0.6 is 11.6 Å². The molecule has 2 rings (SSSR count). The lowest BCUT2D eigenvalue weighted by Crippen LogP contribution is -2.25. The van der Waals surface area contributed by atoms with Gasteiger partial charge in [-0.05, 0) is 31.0 Å². The zero-order valence-electron chi connectivity index (χ0n) is 11.5. The zero-order chi connectivity index (χ0) is 13.8. The number of rotatable bonds is 5. The van der Waals surface area contributed by atoms with Crippen LogP contribution in [0.5, 0.6) is 0 Å². The van der Waals surface area contributed by atoms with Gasteiger partial charge in [-0.15, -0.1) is 5.10 Å². The lowest BCUT2D eigenvalue weighted by molar-refractivity contribution is 0.550. The Bertz CT molecular complexity index is 550. The quantitative estimate of drug-likeness (QED) is 0.914. The second-order valence-electron chi connectivity index (χ2n) is 4.65. The number of nitrogens with zero attached hydrogens (tertiary/aromatic N) is 3. The summed E-state index contributed by atoms with van der Waals surface area (Å²) in [6.07, 6.45) is 2.84. The van der Waals surface area contributed by atoms with Crippen molar-refractivity contribution in [3.63, 3.8) is 0 Å². The second kappa shape index (κ2) is 6.17. The van der Waals surface area contributed by atoms with E-state index in [1.165, 1.54) is 0 Å². The number of halogens is 1.